The third-order valence-electron chi connectivity index (χ3n) is 5.13. The van der Waals surface area contributed by atoms with Crippen molar-refractivity contribution in [2.45, 2.75) is 45.1 Å². The van der Waals surface area contributed by atoms with Crippen LogP contribution >= 0.6 is 0 Å². The Morgan fingerprint density at radius 2 is 1.79 bits per heavy atom. The second kappa shape index (κ2) is 8.89. The molecule has 1 aliphatic carbocycles. The molecule has 128 valence electrons. The van der Waals surface area contributed by atoms with E-state index in [2.05, 4.69) is 47.8 Å². The van der Waals surface area contributed by atoms with Gasteiger partial charge < -0.3 is 10.1 Å². The van der Waals surface area contributed by atoms with Gasteiger partial charge in [-0.2, -0.15) is 0 Å². The molecule has 0 heterocycles. The van der Waals surface area contributed by atoms with Crippen LogP contribution in [0.3, 0.4) is 0 Å². The molecule has 2 aromatic rings. The van der Waals surface area contributed by atoms with Crippen LogP contribution in [0.4, 0.5) is 0 Å². The van der Waals surface area contributed by atoms with E-state index < -0.39 is 0 Å². The first kappa shape index (κ1) is 17.0. The Morgan fingerprint density at radius 1 is 1.00 bits per heavy atom. The zero-order valence-electron chi connectivity index (χ0n) is 14.8. The minimum atomic E-state index is 0.915. The standard InChI is InChI=1S/C22H29NO/c1-24-22-16-19(12-13-21(22)20-10-6-3-7-11-20)17-23-15-14-18-8-4-2-5-9-18/h3,6-7,10-13,16,18,23H,2,4-5,8-9,14-15,17H2,1H3. The Bertz CT molecular complexity index is 617. The number of hydrogen-bond acceptors (Lipinski definition) is 2. The van der Waals surface area contributed by atoms with Crippen molar-refractivity contribution in [2.24, 2.45) is 5.92 Å². The third-order valence-corrected chi connectivity index (χ3v) is 5.13. The van der Waals surface area contributed by atoms with E-state index in [0.717, 1.165) is 30.3 Å². The predicted octanol–water partition coefficient (Wildman–Crippen LogP) is 5.42. The number of rotatable bonds is 7. The number of methoxy groups -OCH3 is 1. The van der Waals surface area contributed by atoms with Crippen LogP contribution in [0, 0.1) is 5.92 Å². The zero-order chi connectivity index (χ0) is 16.6. The zero-order valence-corrected chi connectivity index (χ0v) is 14.8. The molecule has 2 aromatic carbocycles. The number of hydrogen-bond donors (Lipinski definition) is 1. The van der Waals surface area contributed by atoms with Crippen LogP contribution in [0.5, 0.6) is 5.75 Å². The molecule has 0 spiro atoms. The molecule has 1 aliphatic rings. The average Bonchev–Trinajstić information content (AvgIpc) is 2.66. The van der Waals surface area contributed by atoms with Gasteiger partial charge in [0.25, 0.3) is 0 Å². The van der Waals surface area contributed by atoms with Crippen molar-refractivity contribution in [3.8, 4) is 16.9 Å². The van der Waals surface area contributed by atoms with Crippen LogP contribution in [-0.4, -0.2) is 13.7 Å². The highest BCUT2D eigenvalue weighted by molar-refractivity contribution is 5.70. The molecule has 3 rings (SSSR count). The lowest BCUT2D eigenvalue weighted by atomic mass is 9.87. The summed E-state index contributed by atoms with van der Waals surface area (Å²) in [6, 6.07) is 17.0. The number of ether oxygens (including phenoxy) is 1. The molecule has 0 radical (unpaired) electrons. The topological polar surface area (TPSA) is 21.3 Å². The molecule has 0 unspecified atom stereocenters. The fourth-order valence-electron chi connectivity index (χ4n) is 3.72. The van der Waals surface area contributed by atoms with Crippen molar-refractivity contribution < 1.29 is 4.74 Å². The van der Waals surface area contributed by atoms with Crippen LogP contribution in [0.15, 0.2) is 48.5 Å². The van der Waals surface area contributed by atoms with E-state index in [1.807, 2.05) is 6.07 Å². The highest BCUT2D eigenvalue weighted by Crippen LogP contribution is 2.30. The number of benzene rings is 2. The van der Waals surface area contributed by atoms with E-state index in [1.165, 1.54) is 49.7 Å². The fraction of sp³-hybridized carbons (Fsp3) is 0.455. The smallest absolute Gasteiger partial charge is 0.127 e. The first-order valence-corrected chi connectivity index (χ1v) is 9.30. The summed E-state index contributed by atoms with van der Waals surface area (Å²) >= 11 is 0. The molecule has 0 aromatic heterocycles. The molecule has 24 heavy (non-hydrogen) atoms. The monoisotopic (exact) mass is 323 g/mol. The van der Waals surface area contributed by atoms with Crippen LogP contribution in [0.2, 0.25) is 0 Å². The second-order valence-electron chi connectivity index (χ2n) is 6.87. The Morgan fingerprint density at radius 3 is 2.54 bits per heavy atom. The maximum atomic E-state index is 5.61. The normalized spacial score (nSPS) is 15.4. The SMILES string of the molecule is COc1cc(CNCCC2CCCCC2)ccc1-c1ccccc1. The van der Waals surface area contributed by atoms with Gasteiger partial charge in [-0.25, -0.2) is 0 Å². The Balaban J connectivity index is 1.54. The van der Waals surface area contributed by atoms with Gasteiger partial charge >= 0.3 is 0 Å². The Kier molecular flexibility index (Phi) is 6.31. The van der Waals surface area contributed by atoms with Crippen LogP contribution in [0.25, 0.3) is 11.1 Å². The molecule has 2 heteroatoms. The Labute approximate surface area is 146 Å². The molecule has 0 amide bonds. The van der Waals surface area contributed by atoms with Gasteiger partial charge in [0.1, 0.15) is 5.75 Å². The molecule has 1 saturated carbocycles. The predicted molar refractivity (Wildman–Crippen MR) is 101 cm³/mol. The van der Waals surface area contributed by atoms with Crippen molar-refractivity contribution >= 4 is 0 Å². The lowest BCUT2D eigenvalue weighted by Gasteiger charge is -2.21. The molecule has 2 nitrogen and oxygen atoms in total. The molecule has 1 N–H and O–H groups in total. The maximum Gasteiger partial charge on any atom is 0.127 e. The van der Waals surface area contributed by atoms with Crippen molar-refractivity contribution in [3.63, 3.8) is 0 Å². The summed E-state index contributed by atoms with van der Waals surface area (Å²) in [5, 5.41) is 3.60. The van der Waals surface area contributed by atoms with Gasteiger partial charge in [0.15, 0.2) is 0 Å². The van der Waals surface area contributed by atoms with Crippen molar-refractivity contribution in [1.82, 2.24) is 5.32 Å². The molecular weight excluding hydrogens is 294 g/mol. The van der Waals surface area contributed by atoms with Crippen molar-refractivity contribution in [3.05, 3.63) is 54.1 Å². The largest absolute Gasteiger partial charge is 0.496 e. The van der Waals surface area contributed by atoms with E-state index >= 15 is 0 Å². The second-order valence-corrected chi connectivity index (χ2v) is 6.87. The lowest BCUT2D eigenvalue weighted by molar-refractivity contribution is 0.334. The van der Waals surface area contributed by atoms with Crippen LogP contribution in [0.1, 0.15) is 44.1 Å². The van der Waals surface area contributed by atoms with E-state index in [4.69, 9.17) is 4.74 Å². The summed E-state index contributed by atoms with van der Waals surface area (Å²) in [5.74, 6) is 1.90. The van der Waals surface area contributed by atoms with Gasteiger partial charge in [0.2, 0.25) is 0 Å². The minimum Gasteiger partial charge on any atom is -0.496 e. The molecule has 0 saturated heterocycles. The van der Waals surface area contributed by atoms with E-state index in [9.17, 15) is 0 Å². The molecule has 0 aliphatic heterocycles. The summed E-state index contributed by atoms with van der Waals surface area (Å²) in [5.41, 5.74) is 3.64. The fourth-order valence-corrected chi connectivity index (χ4v) is 3.72. The van der Waals surface area contributed by atoms with Gasteiger partial charge in [0, 0.05) is 12.1 Å². The summed E-state index contributed by atoms with van der Waals surface area (Å²) in [6.45, 7) is 2.03. The first-order chi connectivity index (χ1) is 11.9. The number of nitrogens with one attached hydrogen (secondary N) is 1. The van der Waals surface area contributed by atoms with Crippen molar-refractivity contribution in [1.29, 1.82) is 0 Å². The molecule has 0 bridgehead atoms. The lowest BCUT2D eigenvalue weighted by Crippen LogP contribution is -2.19. The third kappa shape index (κ3) is 4.61. The highest BCUT2D eigenvalue weighted by Gasteiger charge is 2.12. The highest BCUT2D eigenvalue weighted by atomic mass is 16.5. The summed E-state index contributed by atoms with van der Waals surface area (Å²) in [6.07, 6.45) is 8.49. The summed E-state index contributed by atoms with van der Waals surface area (Å²) < 4.78 is 5.61. The van der Waals surface area contributed by atoms with E-state index in [1.54, 1.807) is 7.11 Å². The van der Waals surface area contributed by atoms with E-state index in [-0.39, 0.29) is 0 Å². The Hall–Kier alpha value is -1.80. The van der Waals surface area contributed by atoms with Gasteiger partial charge in [-0.05, 0) is 36.1 Å². The van der Waals surface area contributed by atoms with Crippen LogP contribution in [-0.2, 0) is 6.54 Å². The van der Waals surface area contributed by atoms with Gasteiger partial charge in [0.05, 0.1) is 7.11 Å². The minimum absolute atomic E-state index is 0.915. The van der Waals surface area contributed by atoms with Gasteiger partial charge in [-0.1, -0.05) is 74.6 Å². The first-order valence-electron chi connectivity index (χ1n) is 9.30. The van der Waals surface area contributed by atoms with Gasteiger partial charge in [-0.15, -0.1) is 0 Å². The summed E-state index contributed by atoms with van der Waals surface area (Å²) in [4.78, 5) is 0. The van der Waals surface area contributed by atoms with Crippen molar-refractivity contribution in [2.75, 3.05) is 13.7 Å². The van der Waals surface area contributed by atoms with E-state index in [0.29, 0.717) is 0 Å². The van der Waals surface area contributed by atoms with Gasteiger partial charge in [-0.3, -0.25) is 0 Å². The molecule has 0 atom stereocenters. The molecule has 1 fully saturated rings. The maximum absolute atomic E-state index is 5.61. The van der Waals surface area contributed by atoms with Crippen LogP contribution < -0.4 is 10.1 Å². The molecular formula is C22H29NO. The quantitative estimate of drug-likeness (QED) is 0.687. The summed E-state index contributed by atoms with van der Waals surface area (Å²) in [7, 11) is 1.75. The average molecular weight is 323 g/mol.